The zero-order valence-corrected chi connectivity index (χ0v) is 11.3. The largest absolute Gasteiger partial charge is 0.396 e. The summed E-state index contributed by atoms with van der Waals surface area (Å²) in [4.78, 5) is 4.09. The highest BCUT2D eigenvalue weighted by atomic mass is 32.2. The smallest absolute Gasteiger partial charge is 0.150 e. The van der Waals surface area contributed by atoms with Gasteiger partial charge in [0.15, 0.2) is 0 Å². The maximum absolute atomic E-state index is 12.2. The molecule has 2 N–H and O–H groups in total. The van der Waals surface area contributed by atoms with Crippen LogP contribution in [-0.2, 0) is 16.6 Å². The van der Waals surface area contributed by atoms with E-state index in [1.807, 2.05) is 26.0 Å². The maximum Gasteiger partial charge on any atom is 0.150 e. The number of pyridine rings is 1. The van der Waals surface area contributed by atoms with Crippen LogP contribution in [0.1, 0.15) is 16.7 Å². The van der Waals surface area contributed by atoms with Gasteiger partial charge in [0.2, 0.25) is 0 Å². The number of hydrogen-bond acceptors (Lipinski definition) is 3. The quantitative estimate of drug-likeness (QED) is 0.922. The molecule has 1 atom stereocenters. The third kappa shape index (κ3) is 2.96. The Balaban J connectivity index is 2.24. The van der Waals surface area contributed by atoms with Crippen molar-refractivity contribution in [2.75, 3.05) is 5.73 Å². The van der Waals surface area contributed by atoms with Crippen molar-refractivity contribution in [2.24, 2.45) is 0 Å². The molecule has 0 aliphatic rings. The molecule has 2 rings (SSSR count). The minimum absolute atomic E-state index is 0.448. The van der Waals surface area contributed by atoms with E-state index in [0.717, 1.165) is 5.56 Å². The van der Waals surface area contributed by atoms with Crippen LogP contribution in [0.2, 0.25) is 0 Å². The van der Waals surface area contributed by atoms with E-state index in [9.17, 15) is 4.21 Å². The van der Waals surface area contributed by atoms with Crippen LogP contribution in [0.4, 0.5) is 5.69 Å². The molecular formula is C14H16N2OS. The molecule has 1 aromatic carbocycles. The first-order valence-corrected chi connectivity index (χ1v) is 7.04. The van der Waals surface area contributed by atoms with E-state index in [0.29, 0.717) is 16.5 Å². The fourth-order valence-corrected chi connectivity index (χ4v) is 3.08. The predicted molar refractivity (Wildman–Crippen MR) is 74.7 cm³/mol. The van der Waals surface area contributed by atoms with Crippen LogP contribution in [0.15, 0.2) is 41.6 Å². The third-order valence-corrected chi connectivity index (χ3v) is 3.96. The van der Waals surface area contributed by atoms with Crippen molar-refractivity contribution in [1.29, 1.82) is 0 Å². The molecule has 4 heteroatoms. The molecule has 1 unspecified atom stereocenters. The second-order valence-corrected chi connectivity index (χ2v) is 5.75. The van der Waals surface area contributed by atoms with E-state index in [-0.39, 0.29) is 0 Å². The standard InChI is InChI=1S/C14H16N2OS/c1-10-6-11(2)8-12(7-10)9-18(17)14-13(15)4-3-5-16-14/h3-8H,9,15H2,1-2H3. The van der Waals surface area contributed by atoms with Gasteiger partial charge in [-0.2, -0.15) is 0 Å². The number of rotatable bonds is 3. The highest BCUT2D eigenvalue weighted by molar-refractivity contribution is 7.84. The Bertz CT molecular complexity index is 576. The molecule has 18 heavy (non-hydrogen) atoms. The maximum atomic E-state index is 12.2. The van der Waals surface area contributed by atoms with Crippen LogP contribution in [0.25, 0.3) is 0 Å². The van der Waals surface area contributed by atoms with Crippen LogP contribution in [0.5, 0.6) is 0 Å². The molecule has 0 aliphatic carbocycles. The number of aromatic nitrogens is 1. The van der Waals surface area contributed by atoms with Gasteiger partial charge in [0.05, 0.1) is 22.2 Å². The molecule has 0 spiro atoms. The summed E-state index contributed by atoms with van der Waals surface area (Å²) in [5, 5.41) is 0.469. The van der Waals surface area contributed by atoms with Crippen LogP contribution in [0, 0.1) is 13.8 Å². The van der Waals surface area contributed by atoms with E-state index in [1.165, 1.54) is 11.1 Å². The summed E-state index contributed by atoms with van der Waals surface area (Å²) in [7, 11) is -1.20. The van der Waals surface area contributed by atoms with Crippen molar-refractivity contribution in [3.05, 3.63) is 53.2 Å². The Labute approximate surface area is 110 Å². The first kappa shape index (κ1) is 12.8. The number of nitrogen functional groups attached to an aromatic ring is 1. The second kappa shape index (κ2) is 5.31. The average molecular weight is 260 g/mol. The highest BCUT2D eigenvalue weighted by Gasteiger charge is 2.10. The lowest BCUT2D eigenvalue weighted by molar-refractivity contribution is 0.680. The molecule has 0 bridgehead atoms. The van der Waals surface area contributed by atoms with Crippen molar-refractivity contribution < 1.29 is 4.21 Å². The fourth-order valence-electron chi connectivity index (χ4n) is 1.97. The monoisotopic (exact) mass is 260 g/mol. The number of aryl methyl sites for hydroxylation is 2. The van der Waals surface area contributed by atoms with Gasteiger partial charge in [-0.05, 0) is 31.5 Å². The van der Waals surface area contributed by atoms with Crippen molar-refractivity contribution in [3.63, 3.8) is 0 Å². The lowest BCUT2D eigenvalue weighted by atomic mass is 10.1. The third-order valence-electron chi connectivity index (χ3n) is 2.60. The summed E-state index contributed by atoms with van der Waals surface area (Å²) < 4.78 is 12.2. The van der Waals surface area contributed by atoms with E-state index in [4.69, 9.17) is 5.73 Å². The summed E-state index contributed by atoms with van der Waals surface area (Å²) in [5.74, 6) is 0.448. The summed E-state index contributed by atoms with van der Waals surface area (Å²) in [6, 6.07) is 9.66. The molecule has 0 saturated carbocycles. The van der Waals surface area contributed by atoms with Gasteiger partial charge in [-0.1, -0.05) is 29.3 Å². The van der Waals surface area contributed by atoms with E-state index in [1.54, 1.807) is 18.3 Å². The first-order chi connectivity index (χ1) is 8.56. The molecule has 0 saturated heterocycles. The van der Waals surface area contributed by atoms with Gasteiger partial charge in [-0.25, -0.2) is 4.98 Å². The molecular weight excluding hydrogens is 244 g/mol. The number of nitrogens with zero attached hydrogens (tertiary/aromatic N) is 1. The summed E-state index contributed by atoms with van der Waals surface area (Å²) in [6.45, 7) is 4.07. The molecule has 0 radical (unpaired) electrons. The van der Waals surface area contributed by atoms with Gasteiger partial charge < -0.3 is 5.73 Å². The van der Waals surface area contributed by atoms with Gasteiger partial charge in [-0.15, -0.1) is 0 Å². The van der Waals surface area contributed by atoms with E-state index in [2.05, 4.69) is 11.1 Å². The zero-order chi connectivity index (χ0) is 13.1. The Morgan fingerprint density at radius 3 is 2.50 bits per heavy atom. The molecule has 2 aromatic rings. The topological polar surface area (TPSA) is 56.0 Å². The Kier molecular flexibility index (Phi) is 3.77. The summed E-state index contributed by atoms with van der Waals surface area (Å²) >= 11 is 0. The number of benzene rings is 1. The van der Waals surface area contributed by atoms with Crippen LogP contribution in [-0.4, -0.2) is 9.19 Å². The molecule has 94 valence electrons. The molecule has 0 amide bonds. The lowest BCUT2D eigenvalue weighted by Crippen LogP contribution is -2.03. The van der Waals surface area contributed by atoms with E-state index < -0.39 is 10.8 Å². The van der Waals surface area contributed by atoms with Gasteiger partial charge in [0.1, 0.15) is 5.03 Å². The van der Waals surface area contributed by atoms with Gasteiger partial charge in [0, 0.05) is 6.20 Å². The van der Waals surface area contributed by atoms with Crippen molar-refractivity contribution in [3.8, 4) is 0 Å². The fraction of sp³-hybridized carbons (Fsp3) is 0.214. The Morgan fingerprint density at radius 2 is 1.89 bits per heavy atom. The number of nitrogens with two attached hydrogens (primary N) is 1. The lowest BCUT2D eigenvalue weighted by Gasteiger charge is -2.06. The van der Waals surface area contributed by atoms with Gasteiger partial charge in [-0.3, -0.25) is 4.21 Å². The van der Waals surface area contributed by atoms with Crippen LogP contribution in [0.3, 0.4) is 0 Å². The van der Waals surface area contributed by atoms with Crippen LogP contribution >= 0.6 is 0 Å². The molecule has 0 aliphatic heterocycles. The Morgan fingerprint density at radius 1 is 1.22 bits per heavy atom. The second-order valence-electron chi connectivity index (χ2n) is 4.38. The van der Waals surface area contributed by atoms with Crippen LogP contribution < -0.4 is 5.73 Å². The summed E-state index contributed by atoms with van der Waals surface area (Å²) in [5.41, 5.74) is 9.67. The van der Waals surface area contributed by atoms with Gasteiger partial charge >= 0.3 is 0 Å². The first-order valence-electron chi connectivity index (χ1n) is 5.72. The SMILES string of the molecule is Cc1cc(C)cc(CS(=O)c2ncccc2N)c1. The molecule has 1 heterocycles. The van der Waals surface area contributed by atoms with Crippen molar-refractivity contribution >= 4 is 16.5 Å². The van der Waals surface area contributed by atoms with Crippen molar-refractivity contribution in [1.82, 2.24) is 4.98 Å². The minimum atomic E-state index is -1.20. The molecule has 0 fully saturated rings. The number of anilines is 1. The zero-order valence-electron chi connectivity index (χ0n) is 10.5. The van der Waals surface area contributed by atoms with Gasteiger partial charge in [0.25, 0.3) is 0 Å². The van der Waals surface area contributed by atoms with Crippen molar-refractivity contribution in [2.45, 2.75) is 24.6 Å². The molecule has 1 aromatic heterocycles. The minimum Gasteiger partial charge on any atom is -0.396 e. The number of hydrogen-bond donors (Lipinski definition) is 1. The van der Waals surface area contributed by atoms with E-state index >= 15 is 0 Å². The predicted octanol–water partition coefficient (Wildman–Crippen LogP) is 2.59. The average Bonchev–Trinajstić information content (AvgIpc) is 2.27. The molecule has 3 nitrogen and oxygen atoms in total. The normalized spacial score (nSPS) is 12.3. The highest BCUT2D eigenvalue weighted by Crippen LogP contribution is 2.17. The summed E-state index contributed by atoms with van der Waals surface area (Å²) in [6.07, 6.45) is 1.62. The Hall–Kier alpha value is -1.68.